The summed E-state index contributed by atoms with van der Waals surface area (Å²) in [6.45, 7) is 3.84. The molecule has 0 spiro atoms. The van der Waals surface area contributed by atoms with Crippen LogP contribution in [0.25, 0.3) is 0 Å². The molecule has 0 N–H and O–H groups in total. The van der Waals surface area contributed by atoms with Crippen LogP contribution in [0.3, 0.4) is 0 Å². The van der Waals surface area contributed by atoms with E-state index >= 15 is 0 Å². The van der Waals surface area contributed by atoms with Gasteiger partial charge in [-0.3, -0.25) is 4.79 Å². The summed E-state index contributed by atoms with van der Waals surface area (Å²) < 4.78 is 32.6. The zero-order valence-corrected chi connectivity index (χ0v) is 14.2. The number of fused-ring (bicyclic) bond motifs is 1. The summed E-state index contributed by atoms with van der Waals surface area (Å²) in [5.74, 6) is -1.20. The molecule has 3 rings (SSSR count). The molecule has 1 aliphatic heterocycles. The van der Waals surface area contributed by atoms with E-state index in [-0.39, 0.29) is 11.7 Å². The number of hydrogen-bond donors (Lipinski definition) is 0. The number of anilines is 1. The van der Waals surface area contributed by atoms with Crippen molar-refractivity contribution < 1.29 is 18.3 Å². The minimum Gasteiger partial charge on any atom is -0.485 e. The summed E-state index contributed by atoms with van der Waals surface area (Å²) in [7, 11) is 1.60. The van der Waals surface area contributed by atoms with Gasteiger partial charge in [0.2, 0.25) is 0 Å². The summed E-state index contributed by atoms with van der Waals surface area (Å²) in [5, 5.41) is 0. The quantitative estimate of drug-likeness (QED) is 0.851. The van der Waals surface area contributed by atoms with Gasteiger partial charge in [-0.05, 0) is 31.2 Å². The normalized spacial score (nSPS) is 16.2. The molecule has 0 saturated heterocycles. The van der Waals surface area contributed by atoms with Crippen LogP contribution in [-0.4, -0.2) is 43.6 Å². The predicted octanol–water partition coefficient (Wildman–Crippen LogP) is 3.32. The second kappa shape index (κ2) is 7.09. The number of carbonyl (C=O) groups is 1. The Morgan fingerprint density at radius 2 is 1.92 bits per heavy atom. The van der Waals surface area contributed by atoms with Gasteiger partial charge in [0.25, 0.3) is 5.91 Å². The van der Waals surface area contributed by atoms with Gasteiger partial charge in [-0.1, -0.05) is 12.1 Å². The number of halogens is 2. The lowest BCUT2D eigenvalue weighted by molar-refractivity contribution is 0.0708. The van der Waals surface area contributed by atoms with E-state index in [9.17, 15) is 13.6 Å². The first-order chi connectivity index (χ1) is 12.0. The highest BCUT2D eigenvalue weighted by Gasteiger charge is 2.27. The molecule has 4 nitrogen and oxygen atoms in total. The summed E-state index contributed by atoms with van der Waals surface area (Å²) >= 11 is 0. The van der Waals surface area contributed by atoms with Gasteiger partial charge in [0.15, 0.2) is 0 Å². The average molecular weight is 346 g/mol. The van der Waals surface area contributed by atoms with Gasteiger partial charge >= 0.3 is 0 Å². The molecule has 6 heteroatoms. The average Bonchev–Trinajstić information content (AvgIpc) is 2.59. The van der Waals surface area contributed by atoms with Gasteiger partial charge in [0.05, 0.1) is 18.8 Å². The van der Waals surface area contributed by atoms with E-state index < -0.39 is 17.5 Å². The molecule has 0 fully saturated rings. The summed E-state index contributed by atoms with van der Waals surface area (Å²) in [6.07, 6.45) is -0.220. The van der Waals surface area contributed by atoms with Crippen molar-refractivity contribution in [1.82, 2.24) is 4.90 Å². The van der Waals surface area contributed by atoms with Crippen LogP contribution >= 0.6 is 0 Å². The molecule has 132 valence electrons. The number of hydrogen-bond acceptors (Lipinski definition) is 3. The third-order valence-electron chi connectivity index (χ3n) is 4.24. The smallest absolute Gasteiger partial charge is 0.253 e. The van der Waals surface area contributed by atoms with Gasteiger partial charge in [-0.2, -0.15) is 0 Å². The first-order valence-electron chi connectivity index (χ1n) is 8.20. The molecule has 0 aromatic heterocycles. The maximum Gasteiger partial charge on any atom is 0.253 e. The Labute approximate surface area is 145 Å². The standard InChI is InChI=1S/C19H20F2N2O2/c1-3-23-12-16(25-18-7-5-4-6-17(18)23)11-22(2)19(24)13-8-14(20)10-15(21)9-13/h4-10,16H,3,11-12H2,1-2H3/t16-/m0/s1. The van der Waals surface area contributed by atoms with Crippen LogP contribution in [0, 0.1) is 11.6 Å². The second-order valence-electron chi connectivity index (χ2n) is 6.09. The second-order valence-corrected chi connectivity index (χ2v) is 6.09. The Hall–Kier alpha value is -2.63. The topological polar surface area (TPSA) is 32.8 Å². The van der Waals surface area contributed by atoms with E-state index in [4.69, 9.17) is 4.74 Å². The Bertz CT molecular complexity index is 762. The monoisotopic (exact) mass is 346 g/mol. The fourth-order valence-electron chi connectivity index (χ4n) is 3.06. The number of ether oxygens (including phenoxy) is 1. The minimum atomic E-state index is -0.767. The summed E-state index contributed by atoms with van der Waals surface area (Å²) in [4.78, 5) is 16.1. The van der Waals surface area contributed by atoms with E-state index in [1.54, 1.807) is 7.05 Å². The van der Waals surface area contributed by atoms with Crippen LogP contribution < -0.4 is 9.64 Å². The number of likely N-dealkylation sites (N-methyl/N-ethyl adjacent to an activating group) is 2. The van der Waals surface area contributed by atoms with E-state index in [0.717, 1.165) is 36.2 Å². The zero-order valence-electron chi connectivity index (χ0n) is 14.2. The molecule has 0 aliphatic carbocycles. The van der Waals surface area contributed by atoms with Crippen LogP contribution in [0.4, 0.5) is 14.5 Å². The maximum atomic E-state index is 13.3. The van der Waals surface area contributed by atoms with Crippen LogP contribution in [-0.2, 0) is 0 Å². The van der Waals surface area contributed by atoms with Crippen molar-refractivity contribution in [3.63, 3.8) is 0 Å². The number of nitrogens with zero attached hydrogens (tertiary/aromatic N) is 2. The molecular formula is C19H20F2N2O2. The minimum absolute atomic E-state index is 0.0106. The lowest BCUT2D eigenvalue weighted by Crippen LogP contribution is -2.46. The molecule has 1 amide bonds. The van der Waals surface area contributed by atoms with Gasteiger partial charge in [-0.15, -0.1) is 0 Å². The van der Waals surface area contributed by atoms with Crippen LogP contribution in [0.2, 0.25) is 0 Å². The highest BCUT2D eigenvalue weighted by Crippen LogP contribution is 2.32. The molecule has 2 aromatic carbocycles. The van der Waals surface area contributed by atoms with Crippen LogP contribution in [0.5, 0.6) is 5.75 Å². The Morgan fingerprint density at radius 1 is 1.24 bits per heavy atom. The maximum absolute atomic E-state index is 13.3. The third kappa shape index (κ3) is 3.73. The van der Waals surface area contributed by atoms with Gasteiger partial charge in [-0.25, -0.2) is 8.78 Å². The molecule has 0 saturated carbocycles. The summed E-state index contributed by atoms with van der Waals surface area (Å²) in [5.41, 5.74) is 1.02. The first kappa shape index (κ1) is 17.2. The molecule has 0 radical (unpaired) electrons. The number of rotatable bonds is 4. The van der Waals surface area contributed by atoms with Gasteiger partial charge in [0, 0.05) is 25.2 Å². The molecule has 0 bridgehead atoms. The number of amides is 1. The SMILES string of the molecule is CCN1C[C@H](CN(C)C(=O)c2cc(F)cc(F)c2)Oc2ccccc21. The number of carbonyl (C=O) groups excluding carboxylic acids is 1. The van der Waals surface area contributed by atoms with E-state index in [0.29, 0.717) is 13.1 Å². The molecule has 0 unspecified atom stereocenters. The molecule has 1 aliphatic rings. The van der Waals surface area contributed by atoms with Gasteiger partial charge in [0.1, 0.15) is 23.5 Å². The predicted molar refractivity (Wildman–Crippen MR) is 92.1 cm³/mol. The number of para-hydroxylation sites is 2. The molecule has 2 aromatic rings. The lowest BCUT2D eigenvalue weighted by Gasteiger charge is -2.37. The van der Waals surface area contributed by atoms with E-state index in [1.165, 1.54) is 4.90 Å². The Morgan fingerprint density at radius 3 is 2.60 bits per heavy atom. The van der Waals surface area contributed by atoms with Gasteiger partial charge < -0.3 is 14.5 Å². The molecular weight excluding hydrogens is 326 g/mol. The molecule has 1 heterocycles. The zero-order chi connectivity index (χ0) is 18.0. The van der Waals surface area contributed by atoms with Crippen LogP contribution in [0.15, 0.2) is 42.5 Å². The van der Waals surface area contributed by atoms with Crippen molar-refractivity contribution in [3.8, 4) is 5.75 Å². The Balaban J connectivity index is 1.73. The largest absolute Gasteiger partial charge is 0.485 e. The van der Waals surface area contributed by atoms with E-state index in [1.807, 2.05) is 24.3 Å². The highest BCUT2D eigenvalue weighted by molar-refractivity contribution is 5.94. The Kier molecular flexibility index (Phi) is 4.88. The van der Waals surface area contributed by atoms with E-state index in [2.05, 4.69) is 11.8 Å². The fraction of sp³-hybridized carbons (Fsp3) is 0.316. The molecule has 1 atom stereocenters. The third-order valence-corrected chi connectivity index (χ3v) is 4.24. The molecule has 25 heavy (non-hydrogen) atoms. The van der Waals surface area contributed by atoms with Crippen molar-refractivity contribution in [3.05, 3.63) is 59.7 Å². The van der Waals surface area contributed by atoms with Crippen LogP contribution in [0.1, 0.15) is 17.3 Å². The van der Waals surface area contributed by atoms with Crippen molar-refractivity contribution in [2.75, 3.05) is 31.6 Å². The lowest BCUT2D eigenvalue weighted by atomic mass is 10.1. The fourth-order valence-corrected chi connectivity index (χ4v) is 3.06. The first-order valence-corrected chi connectivity index (χ1v) is 8.20. The van der Waals surface area contributed by atoms with Crippen molar-refractivity contribution in [1.29, 1.82) is 0 Å². The highest BCUT2D eigenvalue weighted by atomic mass is 19.1. The number of benzene rings is 2. The summed E-state index contributed by atoms with van der Waals surface area (Å²) in [6, 6.07) is 10.6. The van der Waals surface area contributed by atoms with Crippen molar-refractivity contribution in [2.24, 2.45) is 0 Å². The van der Waals surface area contributed by atoms with Crippen molar-refractivity contribution >= 4 is 11.6 Å². The van der Waals surface area contributed by atoms with Crippen molar-refractivity contribution in [2.45, 2.75) is 13.0 Å².